The van der Waals surface area contributed by atoms with Gasteiger partial charge in [-0.05, 0) is 13.3 Å². The van der Waals surface area contributed by atoms with Crippen LogP contribution in [0.25, 0.3) is 0 Å². The maximum absolute atomic E-state index is 10.6. The van der Waals surface area contributed by atoms with Crippen LogP contribution in [0.5, 0.6) is 0 Å². The number of imidazole rings is 1. The first-order chi connectivity index (χ1) is 7.09. The fraction of sp³-hybridized carbons (Fsp3) is 0.600. The number of carbonyl (C=O) groups is 1. The molecule has 1 aliphatic rings. The average molecular weight is 209 g/mol. The fourth-order valence-electron chi connectivity index (χ4n) is 2.02. The van der Waals surface area contributed by atoms with E-state index in [1.165, 1.54) is 0 Å². The molecular formula is C10H15N3O2. The molecule has 2 heterocycles. The highest BCUT2D eigenvalue weighted by Crippen LogP contribution is 2.19. The average Bonchev–Trinajstić information content (AvgIpc) is 2.71. The Balaban J connectivity index is 2.20. The Bertz CT molecular complexity index is 398. The van der Waals surface area contributed by atoms with E-state index in [-0.39, 0.29) is 0 Å². The lowest BCUT2D eigenvalue weighted by molar-refractivity contribution is -0.138. The maximum atomic E-state index is 10.6. The molecule has 82 valence electrons. The molecule has 0 saturated carbocycles. The Morgan fingerprint density at radius 2 is 2.47 bits per heavy atom. The van der Waals surface area contributed by atoms with E-state index in [0.717, 1.165) is 36.6 Å². The van der Waals surface area contributed by atoms with Crippen molar-refractivity contribution in [1.82, 2.24) is 9.55 Å². The Morgan fingerprint density at radius 3 is 3.07 bits per heavy atom. The van der Waals surface area contributed by atoms with E-state index in [9.17, 15) is 4.79 Å². The quantitative estimate of drug-likeness (QED) is 0.739. The van der Waals surface area contributed by atoms with Crippen molar-refractivity contribution in [1.29, 1.82) is 0 Å². The lowest BCUT2D eigenvalue weighted by atomic mass is 10.1. The Morgan fingerprint density at radius 1 is 1.73 bits per heavy atom. The van der Waals surface area contributed by atoms with Gasteiger partial charge in [-0.3, -0.25) is 4.79 Å². The second kappa shape index (κ2) is 3.66. The summed E-state index contributed by atoms with van der Waals surface area (Å²) in [5, 5.41) is 8.72. The zero-order valence-electron chi connectivity index (χ0n) is 8.73. The number of rotatable bonds is 3. The third-order valence-electron chi connectivity index (χ3n) is 2.91. The highest BCUT2D eigenvalue weighted by atomic mass is 16.4. The van der Waals surface area contributed by atoms with Crippen LogP contribution in [0, 0.1) is 6.92 Å². The standard InChI is InChI=1S/C10H15N3O2/c1-6-8(5-7(11)10(14)15)12-9-3-2-4-13(6)9/h7H,2-5,11H2,1H3,(H,14,15). The molecule has 0 spiro atoms. The monoisotopic (exact) mass is 209 g/mol. The summed E-state index contributed by atoms with van der Waals surface area (Å²) < 4.78 is 2.16. The molecule has 0 amide bonds. The van der Waals surface area contributed by atoms with Crippen molar-refractivity contribution in [3.05, 3.63) is 17.2 Å². The van der Waals surface area contributed by atoms with Crippen molar-refractivity contribution in [2.24, 2.45) is 5.73 Å². The van der Waals surface area contributed by atoms with Crippen LogP contribution in [-0.2, 0) is 24.2 Å². The molecule has 0 saturated heterocycles. The summed E-state index contributed by atoms with van der Waals surface area (Å²) in [7, 11) is 0. The van der Waals surface area contributed by atoms with E-state index < -0.39 is 12.0 Å². The van der Waals surface area contributed by atoms with Gasteiger partial charge in [0, 0.05) is 25.1 Å². The fourth-order valence-corrected chi connectivity index (χ4v) is 2.02. The minimum atomic E-state index is -0.970. The molecule has 15 heavy (non-hydrogen) atoms. The van der Waals surface area contributed by atoms with Gasteiger partial charge in [0.2, 0.25) is 0 Å². The SMILES string of the molecule is Cc1c(CC(N)C(=O)O)nc2n1CCC2. The Labute approximate surface area is 87.9 Å². The van der Waals surface area contributed by atoms with Crippen LogP contribution < -0.4 is 5.73 Å². The first kappa shape index (κ1) is 10.2. The third kappa shape index (κ3) is 1.74. The summed E-state index contributed by atoms with van der Waals surface area (Å²) in [5.41, 5.74) is 7.39. The van der Waals surface area contributed by atoms with Gasteiger partial charge in [0.1, 0.15) is 11.9 Å². The van der Waals surface area contributed by atoms with Crippen molar-refractivity contribution in [3.8, 4) is 0 Å². The van der Waals surface area contributed by atoms with Gasteiger partial charge in [0.25, 0.3) is 0 Å². The van der Waals surface area contributed by atoms with Gasteiger partial charge in [0.15, 0.2) is 0 Å². The van der Waals surface area contributed by atoms with Crippen LogP contribution in [-0.4, -0.2) is 26.7 Å². The topological polar surface area (TPSA) is 81.1 Å². The van der Waals surface area contributed by atoms with E-state index in [4.69, 9.17) is 10.8 Å². The molecule has 0 aliphatic carbocycles. The summed E-state index contributed by atoms with van der Waals surface area (Å²) in [6.07, 6.45) is 2.44. The molecule has 1 atom stereocenters. The van der Waals surface area contributed by atoms with Crippen molar-refractivity contribution < 1.29 is 9.90 Å². The normalized spacial score (nSPS) is 16.4. The van der Waals surface area contributed by atoms with Crippen LogP contribution in [0.3, 0.4) is 0 Å². The number of hydrogen-bond acceptors (Lipinski definition) is 3. The van der Waals surface area contributed by atoms with Gasteiger partial charge in [-0.2, -0.15) is 0 Å². The molecule has 0 aromatic carbocycles. The number of carboxylic acids is 1. The van der Waals surface area contributed by atoms with E-state index >= 15 is 0 Å². The third-order valence-corrected chi connectivity index (χ3v) is 2.91. The molecule has 5 nitrogen and oxygen atoms in total. The number of aliphatic carboxylic acids is 1. The van der Waals surface area contributed by atoms with E-state index in [0.29, 0.717) is 6.42 Å². The smallest absolute Gasteiger partial charge is 0.320 e. The molecule has 1 aromatic rings. The first-order valence-corrected chi connectivity index (χ1v) is 5.13. The minimum absolute atomic E-state index is 0.321. The number of fused-ring (bicyclic) bond motifs is 1. The van der Waals surface area contributed by atoms with Crippen LogP contribution in [0.1, 0.15) is 23.6 Å². The lowest BCUT2D eigenvalue weighted by Crippen LogP contribution is -2.32. The van der Waals surface area contributed by atoms with Crippen LogP contribution in [0.4, 0.5) is 0 Å². The molecule has 5 heteroatoms. The van der Waals surface area contributed by atoms with Crippen molar-refractivity contribution in [3.63, 3.8) is 0 Å². The highest BCUT2D eigenvalue weighted by Gasteiger charge is 2.21. The Kier molecular flexibility index (Phi) is 2.48. The van der Waals surface area contributed by atoms with Crippen molar-refractivity contribution >= 4 is 5.97 Å². The predicted molar refractivity (Wildman–Crippen MR) is 54.6 cm³/mol. The molecule has 1 aliphatic heterocycles. The molecule has 0 fully saturated rings. The van der Waals surface area contributed by atoms with Crippen molar-refractivity contribution in [2.75, 3.05) is 0 Å². The molecular weight excluding hydrogens is 194 g/mol. The highest BCUT2D eigenvalue weighted by molar-refractivity contribution is 5.73. The van der Waals surface area contributed by atoms with Gasteiger partial charge in [0.05, 0.1) is 5.69 Å². The van der Waals surface area contributed by atoms with E-state index in [1.807, 2.05) is 6.92 Å². The van der Waals surface area contributed by atoms with E-state index in [2.05, 4.69) is 9.55 Å². The number of aromatic nitrogens is 2. The second-order valence-corrected chi connectivity index (χ2v) is 3.96. The Hall–Kier alpha value is -1.36. The molecule has 3 N–H and O–H groups in total. The second-order valence-electron chi connectivity index (χ2n) is 3.96. The lowest BCUT2D eigenvalue weighted by Gasteiger charge is -2.05. The van der Waals surface area contributed by atoms with Crippen LogP contribution in [0.15, 0.2) is 0 Å². The molecule has 0 radical (unpaired) electrons. The van der Waals surface area contributed by atoms with Crippen LogP contribution in [0.2, 0.25) is 0 Å². The zero-order chi connectivity index (χ0) is 11.0. The number of hydrogen-bond donors (Lipinski definition) is 2. The summed E-state index contributed by atoms with van der Waals surface area (Å²) in [6, 6.07) is -0.848. The number of nitrogens with two attached hydrogens (primary N) is 1. The van der Waals surface area contributed by atoms with Gasteiger partial charge in [-0.25, -0.2) is 4.98 Å². The summed E-state index contributed by atoms with van der Waals surface area (Å²) >= 11 is 0. The van der Waals surface area contributed by atoms with Gasteiger partial charge >= 0.3 is 5.97 Å². The number of aryl methyl sites for hydroxylation is 1. The maximum Gasteiger partial charge on any atom is 0.320 e. The first-order valence-electron chi connectivity index (χ1n) is 5.13. The van der Waals surface area contributed by atoms with E-state index in [1.54, 1.807) is 0 Å². The predicted octanol–water partition coefficient (Wildman–Crippen LogP) is 0.0921. The van der Waals surface area contributed by atoms with Gasteiger partial charge in [-0.1, -0.05) is 0 Å². The van der Waals surface area contributed by atoms with Gasteiger partial charge in [-0.15, -0.1) is 0 Å². The summed E-state index contributed by atoms with van der Waals surface area (Å²) in [4.78, 5) is 15.1. The molecule has 0 bridgehead atoms. The molecule has 2 rings (SSSR count). The minimum Gasteiger partial charge on any atom is -0.480 e. The molecule has 1 unspecified atom stereocenters. The number of nitrogens with zero attached hydrogens (tertiary/aromatic N) is 2. The number of carboxylic acid groups (broad SMARTS) is 1. The zero-order valence-corrected chi connectivity index (χ0v) is 8.73. The summed E-state index contributed by atoms with van der Waals surface area (Å²) in [5.74, 6) is 0.0997. The largest absolute Gasteiger partial charge is 0.480 e. The van der Waals surface area contributed by atoms with Crippen molar-refractivity contribution in [2.45, 2.75) is 38.8 Å². The molecule has 1 aromatic heterocycles. The van der Waals surface area contributed by atoms with Gasteiger partial charge < -0.3 is 15.4 Å². The van der Waals surface area contributed by atoms with Crippen LogP contribution >= 0.6 is 0 Å². The summed E-state index contributed by atoms with van der Waals surface area (Å²) in [6.45, 7) is 2.97.